The highest BCUT2D eigenvalue weighted by Gasteiger charge is 2.08. The van der Waals surface area contributed by atoms with Crippen molar-refractivity contribution in [3.05, 3.63) is 34.9 Å². The Labute approximate surface area is 88.4 Å². The predicted octanol–water partition coefficient (Wildman–Crippen LogP) is 4.46. The molecule has 0 aliphatic rings. The van der Waals surface area contributed by atoms with Crippen molar-refractivity contribution in [2.75, 3.05) is 0 Å². The number of hydrogen-bond acceptors (Lipinski definition) is 0. The molecule has 1 aromatic rings. The first-order chi connectivity index (χ1) is 6.70. The summed E-state index contributed by atoms with van der Waals surface area (Å²) in [7, 11) is 0. The number of aryl methyl sites for hydroxylation is 1. The van der Waals surface area contributed by atoms with Crippen molar-refractivity contribution in [1.29, 1.82) is 0 Å². The molecular formula is C14H22. The molecule has 0 aliphatic heterocycles. The van der Waals surface area contributed by atoms with Gasteiger partial charge in [0.25, 0.3) is 0 Å². The average molecular weight is 190 g/mol. The molecule has 0 saturated carbocycles. The van der Waals surface area contributed by atoms with Crippen LogP contribution < -0.4 is 0 Å². The molecule has 1 atom stereocenters. The molecule has 0 radical (unpaired) electrons. The van der Waals surface area contributed by atoms with E-state index in [-0.39, 0.29) is 0 Å². The van der Waals surface area contributed by atoms with Gasteiger partial charge in [0.15, 0.2) is 0 Å². The largest absolute Gasteiger partial charge is 0.0651 e. The topological polar surface area (TPSA) is 0 Å². The van der Waals surface area contributed by atoms with E-state index in [0.29, 0.717) is 5.92 Å². The molecule has 0 N–H and O–H groups in total. The van der Waals surface area contributed by atoms with Gasteiger partial charge in [-0.25, -0.2) is 0 Å². The van der Waals surface area contributed by atoms with E-state index in [1.165, 1.54) is 30.4 Å². The fourth-order valence-electron chi connectivity index (χ4n) is 2.00. The molecule has 0 bridgehead atoms. The lowest BCUT2D eigenvalue weighted by molar-refractivity contribution is 0.724. The normalized spacial score (nSPS) is 12.9. The van der Waals surface area contributed by atoms with E-state index in [1.54, 1.807) is 5.56 Å². The maximum atomic E-state index is 2.32. The monoisotopic (exact) mass is 190 g/mol. The summed E-state index contributed by atoms with van der Waals surface area (Å²) in [5, 5.41) is 0. The summed E-state index contributed by atoms with van der Waals surface area (Å²) < 4.78 is 0. The third kappa shape index (κ3) is 2.37. The Morgan fingerprint density at radius 1 is 1.21 bits per heavy atom. The third-order valence-corrected chi connectivity index (χ3v) is 3.15. The first kappa shape index (κ1) is 11.3. The summed E-state index contributed by atoms with van der Waals surface area (Å²) in [5.41, 5.74) is 4.59. The fraction of sp³-hybridized carbons (Fsp3) is 0.571. The van der Waals surface area contributed by atoms with Crippen molar-refractivity contribution in [2.45, 2.75) is 52.9 Å². The molecule has 0 spiro atoms. The Morgan fingerprint density at radius 3 is 2.50 bits per heavy atom. The van der Waals surface area contributed by atoms with Crippen molar-refractivity contribution in [3.8, 4) is 0 Å². The van der Waals surface area contributed by atoms with Crippen LogP contribution >= 0.6 is 0 Å². The van der Waals surface area contributed by atoms with Gasteiger partial charge in [0.2, 0.25) is 0 Å². The molecule has 0 heterocycles. The van der Waals surface area contributed by atoms with Gasteiger partial charge in [-0.1, -0.05) is 45.4 Å². The molecule has 0 aromatic heterocycles. The van der Waals surface area contributed by atoms with E-state index < -0.39 is 0 Å². The molecule has 0 heteroatoms. The van der Waals surface area contributed by atoms with E-state index >= 15 is 0 Å². The maximum absolute atomic E-state index is 2.32. The molecule has 0 amide bonds. The van der Waals surface area contributed by atoms with Crippen LogP contribution in [0.4, 0.5) is 0 Å². The summed E-state index contributed by atoms with van der Waals surface area (Å²) in [4.78, 5) is 0. The lowest BCUT2D eigenvalue weighted by Crippen LogP contribution is -1.98. The molecule has 0 saturated heterocycles. The second-order valence-corrected chi connectivity index (χ2v) is 4.19. The zero-order valence-electron chi connectivity index (χ0n) is 9.93. The molecule has 0 aliphatic carbocycles. The van der Waals surface area contributed by atoms with E-state index in [4.69, 9.17) is 0 Å². The van der Waals surface area contributed by atoms with E-state index in [1.807, 2.05) is 0 Å². The minimum Gasteiger partial charge on any atom is -0.0651 e. The highest BCUT2D eigenvalue weighted by Crippen LogP contribution is 2.25. The maximum Gasteiger partial charge on any atom is -0.0190 e. The van der Waals surface area contributed by atoms with Crippen molar-refractivity contribution in [2.24, 2.45) is 0 Å². The van der Waals surface area contributed by atoms with E-state index in [0.717, 1.165) is 0 Å². The molecule has 1 rings (SSSR count). The van der Waals surface area contributed by atoms with Gasteiger partial charge in [0.1, 0.15) is 0 Å². The minimum absolute atomic E-state index is 0.701. The second kappa shape index (κ2) is 5.19. The molecule has 14 heavy (non-hydrogen) atoms. The first-order valence-electron chi connectivity index (χ1n) is 5.79. The zero-order chi connectivity index (χ0) is 10.6. The van der Waals surface area contributed by atoms with Crippen LogP contribution in [0.5, 0.6) is 0 Å². The van der Waals surface area contributed by atoms with Crippen LogP contribution in [0.25, 0.3) is 0 Å². The summed E-state index contributed by atoms with van der Waals surface area (Å²) in [6.07, 6.45) is 3.69. The Hall–Kier alpha value is -0.780. The van der Waals surface area contributed by atoms with Crippen LogP contribution in [0.2, 0.25) is 0 Å². The smallest absolute Gasteiger partial charge is 0.0190 e. The quantitative estimate of drug-likeness (QED) is 0.657. The van der Waals surface area contributed by atoms with Gasteiger partial charge in [-0.3, -0.25) is 0 Å². The molecule has 0 fully saturated rings. The van der Waals surface area contributed by atoms with Crippen LogP contribution in [-0.2, 0) is 6.42 Å². The lowest BCUT2D eigenvalue weighted by atomic mass is 9.90. The molecule has 1 aromatic carbocycles. The molecule has 78 valence electrons. The van der Waals surface area contributed by atoms with E-state index in [2.05, 4.69) is 45.9 Å². The lowest BCUT2D eigenvalue weighted by Gasteiger charge is -2.15. The summed E-state index contributed by atoms with van der Waals surface area (Å²) in [6.45, 7) is 9.09. The van der Waals surface area contributed by atoms with Crippen molar-refractivity contribution < 1.29 is 0 Å². The van der Waals surface area contributed by atoms with Crippen LogP contribution in [0.15, 0.2) is 18.2 Å². The Morgan fingerprint density at radius 2 is 1.93 bits per heavy atom. The van der Waals surface area contributed by atoms with Gasteiger partial charge in [0.05, 0.1) is 0 Å². The minimum atomic E-state index is 0.701. The predicted molar refractivity (Wildman–Crippen MR) is 63.9 cm³/mol. The molecule has 1 unspecified atom stereocenters. The van der Waals surface area contributed by atoms with Gasteiger partial charge in [0, 0.05) is 0 Å². The number of hydrogen-bond donors (Lipinski definition) is 0. The van der Waals surface area contributed by atoms with Crippen molar-refractivity contribution in [3.63, 3.8) is 0 Å². The zero-order valence-corrected chi connectivity index (χ0v) is 9.93. The van der Waals surface area contributed by atoms with Crippen LogP contribution in [-0.4, -0.2) is 0 Å². The van der Waals surface area contributed by atoms with Gasteiger partial charge in [-0.15, -0.1) is 0 Å². The molecular weight excluding hydrogens is 168 g/mol. The van der Waals surface area contributed by atoms with E-state index in [9.17, 15) is 0 Å². The fourth-order valence-corrected chi connectivity index (χ4v) is 2.00. The first-order valence-corrected chi connectivity index (χ1v) is 5.79. The Bertz CT molecular complexity index is 286. The highest BCUT2D eigenvalue weighted by molar-refractivity contribution is 5.36. The molecule has 0 nitrogen and oxygen atoms in total. The van der Waals surface area contributed by atoms with Gasteiger partial charge >= 0.3 is 0 Å². The Balaban J connectivity index is 3.00. The SMILES string of the molecule is CCCc1cccc(C(C)CC)c1C. The summed E-state index contributed by atoms with van der Waals surface area (Å²) >= 11 is 0. The third-order valence-electron chi connectivity index (χ3n) is 3.15. The number of benzene rings is 1. The number of rotatable bonds is 4. The standard InChI is InChI=1S/C14H22/c1-5-8-13-9-7-10-14(12(13)4)11(3)6-2/h7,9-11H,5-6,8H2,1-4H3. The second-order valence-electron chi connectivity index (χ2n) is 4.19. The van der Waals surface area contributed by atoms with Crippen molar-refractivity contribution >= 4 is 0 Å². The summed E-state index contributed by atoms with van der Waals surface area (Å²) in [6, 6.07) is 6.76. The van der Waals surface area contributed by atoms with Gasteiger partial charge in [-0.2, -0.15) is 0 Å². The van der Waals surface area contributed by atoms with Crippen LogP contribution in [0.3, 0.4) is 0 Å². The Kier molecular flexibility index (Phi) is 4.19. The highest BCUT2D eigenvalue weighted by atomic mass is 14.1. The van der Waals surface area contributed by atoms with Gasteiger partial charge < -0.3 is 0 Å². The van der Waals surface area contributed by atoms with Crippen LogP contribution in [0.1, 0.15) is 56.2 Å². The van der Waals surface area contributed by atoms with Gasteiger partial charge in [-0.05, 0) is 42.4 Å². The summed E-state index contributed by atoms with van der Waals surface area (Å²) in [5.74, 6) is 0.701. The van der Waals surface area contributed by atoms with Crippen LogP contribution in [0, 0.1) is 6.92 Å². The average Bonchev–Trinajstić information content (AvgIpc) is 2.20. The van der Waals surface area contributed by atoms with Crippen molar-refractivity contribution in [1.82, 2.24) is 0 Å².